The molecule has 6 heteroatoms. The van der Waals surface area contributed by atoms with Gasteiger partial charge in [0.25, 0.3) is 5.91 Å². The van der Waals surface area contributed by atoms with Crippen LogP contribution in [0.25, 0.3) is 0 Å². The predicted octanol–water partition coefficient (Wildman–Crippen LogP) is 2.89. The van der Waals surface area contributed by atoms with Crippen LogP contribution in [-0.4, -0.2) is 37.5 Å². The van der Waals surface area contributed by atoms with Crippen molar-refractivity contribution in [1.29, 1.82) is 0 Å². The van der Waals surface area contributed by atoms with Gasteiger partial charge in [0.2, 0.25) is 0 Å². The molecule has 0 heterocycles. The summed E-state index contributed by atoms with van der Waals surface area (Å²) in [7, 11) is 3.94. The van der Waals surface area contributed by atoms with Crippen LogP contribution >= 0.6 is 23.2 Å². The number of nitrogen functional groups attached to an aromatic ring is 1. The molecule has 1 unspecified atom stereocenters. The van der Waals surface area contributed by atoms with Crippen LogP contribution < -0.4 is 11.1 Å². The van der Waals surface area contributed by atoms with Crippen LogP contribution in [0.4, 0.5) is 5.69 Å². The van der Waals surface area contributed by atoms with Crippen LogP contribution in [0.2, 0.25) is 10.0 Å². The second-order valence-electron chi connectivity index (χ2n) is 5.45. The number of carbonyl (C=O) groups excluding carboxylic acids is 1. The van der Waals surface area contributed by atoms with Crippen molar-refractivity contribution in [2.24, 2.45) is 5.92 Å². The van der Waals surface area contributed by atoms with Gasteiger partial charge in [-0.25, -0.2) is 0 Å². The number of likely N-dealkylation sites (N-methyl/N-ethyl adjacent to an activating group) is 1. The van der Waals surface area contributed by atoms with Crippen molar-refractivity contribution < 1.29 is 4.79 Å². The van der Waals surface area contributed by atoms with Crippen molar-refractivity contribution in [3.63, 3.8) is 0 Å². The molecule has 0 fully saturated rings. The quantitative estimate of drug-likeness (QED) is 0.821. The van der Waals surface area contributed by atoms with Crippen molar-refractivity contribution in [2.45, 2.75) is 19.9 Å². The zero-order valence-electron chi connectivity index (χ0n) is 12.2. The first kappa shape index (κ1) is 17.1. The molecule has 0 aliphatic heterocycles. The van der Waals surface area contributed by atoms with Crippen LogP contribution in [0, 0.1) is 5.92 Å². The molecule has 1 atom stereocenters. The Kier molecular flexibility index (Phi) is 6.11. The third-order valence-corrected chi connectivity index (χ3v) is 3.82. The second-order valence-corrected chi connectivity index (χ2v) is 6.23. The van der Waals surface area contributed by atoms with Gasteiger partial charge in [0.05, 0.1) is 15.7 Å². The van der Waals surface area contributed by atoms with Crippen molar-refractivity contribution in [2.75, 3.05) is 26.4 Å². The lowest BCUT2D eigenvalue weighted by molar-refractivity contribution is 0.0916. The summed E-state index contributed by atoms with van der Waals surface area (Å²) in [6, 6.07) is 3.12. The summed E-state index contributed by atoms with van der Waals surface area (Å²) in [6.45, 7) is 4.90. The summed E-state index contributed by atoms with van der Waals surface area (Å²) >= 11 is 11.8. The van der Waals surface area contributed by atoms with Crippen molar-refractivity contribution in [3.8, 4) is 0 Å². The topological polar surface area (TPSA) is 58.4 Å². The molecule has 1 aromatic carbocycles. The number of hydrogen-bond donors (Lipinski definition) is 2. The highest BCUT2D eigenvalue weighted by Crippen LogP contribution is 2.29. The molecule has 0 radical (unpaired) electrons. The maximum absolute atomic E-state index is 12.3. The summed E-state index contributed by atoms with van der Waals surface area (Å²) in [5.41, 5.74) is 6.45. The number of nitrogens with zero attached hydrogens (tertiary/aromatic N) is 1. The summed E-state index contributed by atoms with van der Waals surface area (Å²) in [4.78, 5) is 14.3. The van der Waals surface area contributed by atoms with Crippen molar-refractivity contribution in [1.82, 2.24) is 10.2 Å². The Morgan fingerprint density at radius 3 is 2.40 bits per heavy atom. The molecule has 1 amide bonds. The van der Waals surface area contributed by atoms with E-state index in [2.05, 4.69) is 19.2 Å². The fourth-order valence-corrected chi connectivity index (χ4v) is 2.15. The van der Waals surface area contributed by atoms with Gasteiger partial charge in [-0.3, -0.25) is 4.79 Å². The molecule has 0 saturated carbocycles. The summed E-state index contributed by atoms with van der Waals surface area (Å²) in [6.07, 6.45) is 0. The van der Waals surface area contributed by atoms with Crippen LogP contribution in [-0.2, 0) is 0 Å². The zero-order valence-corrected chi connectivity index (χ0v) is 13.7. The Bertz CT molecular complexity index is 466. The summed E-state index contributed by atoms with van der Waals surface area (Å²) < 4.78 is 0. The summed E-state index contributed by atoms with van der Waals surface area (Å²) in [5.74, 6) is 0.122. The number of nitrogens with two attached hydrogens (primary N) is 1. The number of carbonyl (C=O) groups is 1. The number of anilines is 1. The lowest BCUT2D eigenvalue weighted by Crippen LogP contribution is -2.45. The molecule has 0 aromatic heterocycles. The number of halogens is 2. The Morgan fingerprint density at radius 2 is 1.95 bits per heavy atom. The highest BCUT2D eigenvalue weighted by Gasteiger charge is 2.19. The van der Waals surface area contributed by atoms with Crippen LogP contribution in [0.3, 0.4) is 0 Å². The third kappa shape index (κ3) is 4.54. The maximum Gasteiger partial charge on any atom is 0.251 e. The van der Waals surface area contributed by atoms with Crippen molar-refractivity contribution in [3.05, 3.63) is 27.7 Å². The average molecular weight is 318 g/mol. The molecule has 0 spiro atoms. The molecule has 1 rings (SSSR count). The van der Waals surface area contributed by atoms with Crippen LogP contribution in [0.5, 0.6) is 0 Å². The Balaban J connectivity index is 2.89. The standard InChI is InChI=1S/C14H21Cl2N3O/c1-8(2)12(7-19(3)4)18-14(20)9-5-10(15)13(16)11(17)6-9/h5-6,8,12H,7,17H2,1-4H3,(H,18,20). The van der Waals surface area contributed by atoms with E-state index >= 15 is 0 Å². The Labute approximate surface area is 130 Å². The third-order valence-electron chi connectivity index (χ3n) is 3.00. The van der Waals surface area contributed by atoms with E-state index in [4.69, 9.17) is 28.9 Å². The van der Waals surface area contributed by atoms with E-state index in [0.717, 1.165) is 6.54 Å². The van der Waals surface area contributed by atoms with E-state index in [9.17, 15) is 4.79 Å². The van der Waals surface area contributed by atoms with Gasteiger partial charge in [0.15, 0.2) is 0 Å². The molecular weight excluding hydrogens is 297 g/mol. The van der Waals surface area contributed by atoms with Gasteiger partial charge < -0.3 is 16.0 Å². The number of amides is 1. The fourth-order valence-electron chi connectivity index (χ4n) is 1.81. The first-order chi connectivity index (χ1) is 9.22. The number of rotatable bonds is 5. The molecule has 0 aliphatic rings. The normalized spacial score (nSPS) is 12.8. The largest absolute Gasteiger partial charge is 0.397 e. The highest BCUT2D eigenvalue weighted by atomic mass is 35.5. The first-order valence-corrected chi connectivity index (χ1v) is 7.18. The smallest absolute Gasteiger partial charge is 0.251 e. The van der Waals surface area contributed by atoms with Gasteiger partial charge in [-0.05, 0) is 32.1 Å². The number of benzene rings is 1. The van der Waals surface area contributed by atoms with E-state index in [1.807, 2.05) is 19.0 Å². The van der Waals surface area contributed by atoms with E-state index in [-0.39, 0.29) is 22.0 Å². The minimum Gasteiger partial charge on any atom is -0.397 e. The van der Waals surface area contributed by atoms with Gasteiger partial charge in [0, 0.05) is 18.2 Å². The van der Waals surface area contributed by atoms with Gasteiger partial charge in [0.1, 0.15) is 0 Å². The summed E-state index contributed by atoms with van der Waals surface area (Å²) in [5, 5.41) is 3.56. The minimum absolute atomic E-state index is 0.0492. The average Bonchev–Trinajstić information content (AvgIpc) is 2.33. The molecule has 3 N–H and O–H groups in total. The van der Waals surface area contributed by atoms with Crippen molar-refractivity contribution >= 4 is 34.8 Å². The Hall–Kier alpha value is -0.970. The van der Waals surface area contributed by atoms with E-state index < -0.39 is 0 Å². The van der Waals surface area contributed by atoms with Gasteiger partial charge in [-0.15, -0.1) is 0 Å². The lowest BCUT2D eigenvalue weighted by Gasteiger charge is -2.25. The first-order valence-electron chi connectivity index (χ1n) is 6.42. The van der Waals surface area contributed by atoms with E-state index in [0.29, 0.717) is 17.2 Å². The zero-order chi connectivity index (χ0) is 15.4. The molecule has 20 heavy (non-hydrogen) atoms. The molecule has 4 nitrogen and oxygen atoms in total. The monoisotopic (exact) mass is 317 g/mol. The van der Waals surface area contributed by atoms with E-state index in [1.165, 1.54) is 12.1 Å². The Morgan fingerprint density at radius 1 is 1.35 bits per heavy atom. The van der Waals surface area contributed by atoms with Gasteiger partial charge in [-0.2, -0.15) is 0 Å². The second kappa shape index (κ2) is 7.16. The minimum atomic E-state index is -0.198. The lowest BCUT2D eigenvalue weighted by atomic mass is 10.0. The molecule has 0 aliphatic carbocycles. The van der Waals surface area contributed by atoms with E-state index in [1.54, 1.807) is 0 Å². The molecular formula is C14H21Cl2N3O. The number of nitrogens with one attached hydrogen (secondary N) is 1. The number of hydrogen-bond acceptors (Lipinski definition) is 3. The van der Waals surface area contributed by atoms with Gasteiger partial charge in [-0.1, -0.05) is 37.0 Å². The van der Waals surface area contributed by atoms with Crippen LogP contribution in [0.1, 0.15) is 24.2 Å². The molecule has 0 bridgehead atoms. The molecule has 0 saturated heterocycles. The maximum atomic E-state index is 12.3. The van der Waals surface area contributed by atoms with Crippen LogP contribution in [0.15, 0.2) is 12.1 Å². The van der Waals surface area contributed by atoms with Gasteiger partial charge >= 0.3 is 0 Å². The predicted molar refractivity (Wildman–Crippen MR) is 85.5 cm³/mol. The molecule has 112 valence electrons. The molecule has 1 aromatic rings. The highest BCUT2D eigenvalue weighted by molar-refractivity contribution is 6.43. The SMILES string of the molecule is CC(C)C(CN(C)C)NC(=O)c1cc(N)c(Cl)c(Cl)c1. The fraction of sp³-hybridized carbons (Fsp3) is 0.500.